The summed E-state index contributed by atoms with van der Waals surface area (Å²) in [5, 5.41) is 2.77. The maximum atomic E-state index is 14.6. The fourth-order valence-corrected chi connectivity index (χ4v) is 2.29. The van der Waals surface area contributed by atoms with Gasteiger partial charge in [0, 0.05) is 18.0 Å². The maximum absolute atomic E-state index is 14.6. The summed E-state index contributed by atoms with van der Waals surface area (Å²) in [4.78, 5) is 0. The SMILES string of the molecule is C=CC(C)(C)c1c(F)c(C2CC2)cc(F)c1NC. The summed E-state index contributed by atoms with van der Waals surface area (Å²) < 4.78 is 28.7. The summed E-state index contributed by atoms with van der Waals surface area (Å²) in [5.74, 6) is -0.483. The van der Waals surface area contributed by atoms with Gasteiger partial charge in [-0.15, -0.1) is 6.58 Å². The van der Waals surface area contributed by atoms with Gasteiger partial charge >= 0.3 is 0 Å². The number of benzene rings is 1. The third kappa shape index (κ3) is 2.02. The average molecular weight is 251 g/mol. The van der Waals surface area contributed by atoms with E-state index in [1.807, 2.05) is 13.8 Å². The van der Waals surface area contributed by atoms with Gasteiger partial charge in [0.2, 0.25) is 0 Å². The minimum absolute atomic E-state index is 0.185. The van der Waals surface area contributed by atoms with E-state index in [1.165, 1.54) is 6.07 Å². The Labute approximate surface area is 107 Å². The highest BCUT2D eigenvalue weighted by Crippen LogP contribution is 2.46. The quantitative estimate of drug-likeness (QED) is 0.784. The van der Waals surface area contributed by atoms with E-state index in [9.17, 15) is 8.78 Å². The Morgan fingerprint density at radius 2 is 2.00 bits per heavy atom. The first kappa shape index (κ1) is 13.1. The van der Waals surface area contributed by atoms with Crippen molar-refractivity contribution in [2.24, 2.45) is 0 Å². The van der Waals surface area contributed by atoms with Crippen LogP contribution in [0.2, 0.25) is 0 Å². The molecule has 2 rings (SSSR count). The standard InChI is InChI=1S/C15H19F2N/c1-5-15(2,3)12-13(17)10(9-6-7-9)8-11(16)14(12)18-4/h5,8-9,18H,1,6-7H2,2-4H3. The Balaban J connectivity index is 2.70. The van der Waals surface area contributed by atoms with Crippen LogP contribution in [-0.2, 0) is 5.41 Å². The number of nitrogens with one attached hydrogen (secondary N) is 1. The number of halogens is 2. The molecular formula is C15H19F2N. The Morgan fingerprint density at radius 3 is 2.44 bits per heavy atom. The Kier molecular flexibility index (Phi) is 3.18. The van der Waals surface area contributed by atoms with E-state index in [4.69, 9.17) is 0 Å². The molecule has 0 spiro atoms. The van der Waals surface area contributed by atoms with Crippen molar-refractivity contribution in [2.75, 3.05) is 12.4 Å². The van der Waals surface area contributed by atoms with Crippen molar-refractivity contribution in [3.63, 3.8) is 0 Å². The summed E-state index contributed by atoms with van der Waals surface area (Å²) in [5.41, 5.74) is 0.522. The van der Waals surface area contributed by atoms with Crippen molar-refractivity contribution in [2.45, 2.75) is 38.0 Å². The van der Waals surface area contributed by atoms with Crippen molar-refractivity contribution in [1.29, 1.82) is 0 Å². The normalized spacial score (nSPS) is 15.6. The average Bonchev–Trinajstić information content (AvgIpc) is 3.14. The van der Waals surface area contributed by atoms with E-state index in [2.05, 4.69) is 11.9 Å². The third-order valence-electron chi connectivity index (χ3n) is 3.67. The Morgan fingerprint density at radius 1 is 1.39 bits per heavy atom. The van der Waals surface area contributed by atoms with Crippen molar-refractivity contribution in [1.82, 2.24) is 0 Å². The van der Waals surface area contributed by atoms with Gasteiger partial charge in [0.1, 0.15) is 11.6 Å². The van der Waals surface area contributed by atoms with Gasteiger partial charge in [0.05, 0.1) is 5.69 Å². The molecule has 0 aromatic heterocycles. The lowest BCUT2D eigenvalue weighted by Gasteiger charge is -2.26. The number of hydrogen-bond acceptors (Lipinski definition) is 1. The highest BCUT2D eigenvalue weighted by Gasteiger charge is 2.34. The summed E-state index contributed by atoms with van der Waals surface area (Å²) >= 11 is 0. The van der Waals surface area contributed by atoms with Crippen LogP contribution in [0.5, 0.6) is 0 Å². The van der Waals surface area contributed by atoms with Crippen molar-refractivity contribution in [3.8, 4) is 0 Å². The van der Waals surface area contributed by atoms with Crippen LogP contribution in [0.4, 0.5) is 14.5 Å². The molecule has 1 aromatic rings. The first-order valence-corrected chi connectivity index (χ1v) is 6.26. The molecule has 1 aliphatic carbocycles. The Hall–Kier alpha value is -1.38. The van der Waals surface area contributed by atoms with Crippen LogP contribution in [0.25, 0.3) is 0 Å². The maximum Gasteiger partial charge on any atom is 0.147 e. The van der Waals surface area contributed by atoms with Gasteiger partial charge < -0.3 is 5.32 Å². The predicted molar refractivity (Wildman–Crippen MR) is 71.1 cm³/mol. The van der Waals surface area contributed by atoms with Gasteiger partial charge in [-0.1, -0.05) is 19.9 Å². The first-order chi connectivity index (χ1) is 8.42. The lowest BCUT2D eigenvalue weighted by molar-refractivity contribution is 0.535. The summed E-state index contributed by atoms with van der Waals surface area (Å²) in [6.07, 6.45) is 3.55. The molecule has 1 aromatic carbocycles. The second kappa shape index (κ2) is 4.38. The second-order valence-electron chi connectivity index (χ2n) is 5.46. The molecular weight excluding hydrogens is 232 g/mol. The molecule has 0 amide bonds. The highest BCUT2D eigenvalue weighted by atomic mass is 19.1. The largest absolute Gasteiger partial charge is 0.385 e. The molecule has 0 atom stereocenters. The smallest absolute Gasteiger partial charge is 0.147 e. The molecule has 0 unspecified atom stereocenters. The van der Waals surface area contributed by atoms with E-state index in [0.717, 1.165) is 12.8 Å². The minimum Gasteiger partial charge on any atom is -0.385 e. The van der Waals surface area contributed by atoms with E-state index in [1.54, 1.807) is 13.1 Å². The zero-order valence-corrected chi connectivity index (χ0v) is 11.1. The topological polar surface area (TPSA) is 12.0 Å². The van der Waals surface area contributed by atoms with E-state index >= 15 is 0 Å². The molecule has 98 valence electrons. The zero-order valence-electron chi connectivity index (χ0n) is 11.1. The van der Waals surface area contributed by atoms with Crippen molar-refractivity contribution >= 4 is 5.69 Å². The van der Waals surface area contributed by atoms with Gasteiger partial charge in [0.15, 0.2) is 0 Å². The lowest BCUT2D eigenvalue weighted by atomic mass is 9.81. The molecule has 1 aliphatic rings. The molecule has 3 heteroatoms. The first-order valence-electron chi connectivity index (χ1n) is 6.26. The van der Waals surface area contributed by atoms with E-state index < -0.39 is 5.41 Å². The van der Waals surface area contributed by atoms with Gasteiger partial charge in [-0.2, -0.15) is 0 Å². The predicted octanol–water partition coefficient (Wildman–Crippen LogP) is 4.35. The molecule has 0 radical (unpaired) electrons. The van der Waals surface area contributed by atoms with E-state index in [-0.39, 0.29) is 23.2 Å². The molecule has 0 aliphatic heterocycles. The third-order valence-corrected chi connectivity index (χ3v) is 3.67. The van der Waals surface area contributed by atoms with Crippen LogP contribution >= 0.6 is 0 Å². The lowest BCUT2D eigenvalue weighted by Crippen LogP contribution is -2.20. The monoisotopic (exact) mass is 251 g/mol. The molecule has 0 heterocycles. The van der Waals surface area contributed by atoms with Crippen molar-refractivity contribution < 1.29 is 8.78 Å². The summed E-state index contributed by atoms with van der Waals surface area (Å²) in [6, 6.07) is 1.33. The van der Waals surface area contributed by atoms with Gasteiger partial charge in [-0.3, -0.25) is 0 Å². The molecule has 1 saturated carbocycles. The second-order valence-corrected chi connectivity index (χ2v) is 5.46. The van der Waals surface area contributed by atoms with Crippen LogP contribution < -0.4 is 5.32 Å². The molecule has 1 N–H and O–H groups in total. The fourth-order valence-electron chi connectivity index (χ4n) is 2.29. The zero-order chi connectivity index (χ0) is 13.5. The number of allylic oxidation sites excluding steroid dienone is 1. The van der Waals surface area contributed by atoms with Gasteiger partial charge in [0.25, 0.3) is 0 Å². The number of rotatable bonds is 4. The molecule has 18 heavy (non-hydrogen) atoms. The summed E-state index contributed by atoms with van der Waals surface area (Å²) in [7, 11) is 1.61. The molecule has 0 bridgehead atoms. The summed E-state index contributed by atoms with van der Waals surface area (Å²) in [6.45, 7) is 7.41. The van der Waals surface area contributed by atoms with E-state index in [0.29, 0.717) is 11.1 Å². The number of anilines is 1. The van der Waals surface area contributed by atoms with Crippen LogP contribution in [0.15, 0.2) is 18.7 Å². The minimum atomic E-state index is -0.603. The molecule has 0 saturated heterocycles. The van der Waals surface area contributed by atoms with Crippen LogP contribution in [0.1, 0.15) is 43.7 Å². The van der Waals surface area contributed by atoms with Crippen LogP contribution in [0.3, 0.4) is 0 Å². The molecule has 1 nitrogen and oxygen atoms in total. The van der Waals surface area contributed by atoms with Crippen LogP contribution in [0, 0.1) is 11.6 Å². The number of hydrogen-bond donors (Lipinski definition) is 1. The Bertz CT molecular complexity index is 488. The van der Waals surface area contributed by atoms with Crippen LogP contribution in [-0.4, -0.2) is 7.05 Å². The highest BCUT2D eigenvalue weighted by molar-refractivity contribution is 5.59. The van der Waals surface area contributed by atoms with Gasteiger partial charge in [-0.25, -0.2) is 8.78 Å². The van der Waals surface area contributed by atoms with Gasteiger partial charge in [-0.05, 0) is 30.4 Å². The molecule has 1 fully saturated rings. The van der Waals surface area contributed by atoms with Crippen molar-refractivity contribution in [3.05, 3.63) is 41.5 Å². The fraction of sp³-hybridized carbons (Fsp3) is 0.467.